The second-order valence-electron chi connectivity index (χ2n) is 6.55. The highest BCUT2D eigenvalue weighted by molar-refractivity contribution is 7.16. The molecule has 138 valence electrons. The largest absolute Gasteiger partial charge is 0.497 e. The number of amides is 1. The van der Waals surface area contributed by atoms with Crippen LogP contribution in [0.5, 0.6) is 5.75 Å². The molecular formula is C20H25N2O3S+. The predicted molar refractivity (Wildman–Crippen MR) is 104 cm³/mol. The third kappa shape index (κ3) is 4.31. The Kier molecular flexibility index (Phi) is 6.06. The Morgan fingerprint density at radius 3 is 2.50 bits per heavy atom. The van der Waals surface area contributed by atoms with Crippen molar-refractivity contribution in [3.63, 3.8) is 0 Å². The highest BCUT2D eigenvalue weighted by Gasteiger charge is 2.22. The quantitative estimate of drug-likeness (QED) is 0.732. The fourth-order valence-corrected chi connectivity index (χ4v) is 4.24. The Labute approximate surface area is 158 Å². The third-order valence-electron chi connectivity index (χ3n) is 4.70. The van der Waals surface area contributed by atoms with Gasteiger partial charge < -0.3 is 15.0 Å². The van der Waals surface area contributed by atoms with Gasteiger partial charge in [0.25, 0.3) is 5.91 Å². The second-order valence-corrected chi connectivity index (χ2v) is 7.69. The van der Waals surface area contributed by atoms with Crippen molar-refractivity contribution in [3.05, 3.63) is 46.3 Å². The van der Waals surface area contributed by atoms with Crippen molar-refractivity contribution in [2.75, 3.05) is 32.1 Å². The van der Waals surface area contributed by atoms with Crippen LogP contribution in [0.15, 0.2) is 30.3 Å². The van der Waals surface area contributed by atoms with Gasteiger partial charge in [-0.2, -0.15) is 0 Å². The van der Waals surface area contributed by atoms with E-state index < -0.39 is 0 Å². The standard InChI is InChI=1S/C20H24N2O3S/c1-3-16-12-17(19(24)14-6-8-15(25-2)9-7-14)20(26-16)21-18(23)13-22-10-4-5-11-22/h6-9,12H,3-5,10-11,13H2,1-2H3,(H,21,23)/p+1. The number of hydrogen-bond acceptors (Lipinski definition) is 4. The van der Waals surface area contributed by atoms with Crippen molar-refractivity contribution in [1.82, 2.24) is 0 Å². The summed E-state index contributed by atoms with van der Waals surface area (Å²) < 4.78 is 5.15. The molecule has 0 saturated carbocycles. The summed E-state index contributed by atoms with van der Waals surface area (Å²) in [7, 11) is 1.60. The number of nitrogens with one attached hydrogen (secondary N) is 2. The maximum Gasteiger partial charge on any atom is 0.280 e. The summed E-state index contributed by atoms with van der Waals surface area (Å²) in [5.41, 5.74) is 1.16. The average molecular weight is 373 g/mol. The summed E-state index contributed by atoms with van der Waals surface area (Å²) in [5.74, 6) is 0.617. The minimum atomic E-state index is -0.0765. The van der Waals surface area contributed by atoms with Gasteiger partial charge >= 0.3 is 0 Å². The van der Waals surface area contributed by atoms with Crippen molar-refractivity contribution < 1.29 is 19.2 Å². The zero-order valence-corrected chi connectivity index (χ0v) is 16.1. The zero-order valence-electron chi connectivity index (χ0n) is 15.3. The molecule has 1 aliphatic rings. The molecule has 2 aromatic rings. The number of rotatable bonds is 7. The number of anilines is 1. The Balaban J connectivity index is 1.78. The van der Waals surface area contributed by atoms with Crippen LogP contribution in [0.1, 0.15) is 40.6 Å². The van der Waals surface area contributed by atoms with Gasteiger partial charge in [0, 0.05) is 23.3 Å². The summed E-state index contributed by atoms with van der Waals surface area (Å²) in [5, 5.41) is 3.64. The first-order valence-corrected chi connectivity index (χ1v) is 9.87. The molecule has 1 saturated heterocycles. The van der Waals surface area contributed by atoms with Crippen molar-refractivity contribution in [2.45, 2.75) is 26.2 Å². The van der Waals surface area contributed by atoms with Gasteiger partial charge in [-0.25, -0.2) is 0 Å². The van der Waals surface area contributed by atoms with E-state index in [1.165, 1.54) is 29.1 Å². The lowest BCUT2D eigenvalue weighted by Crippen LogP contribution is -3.11. The molecule has 1 aliphatic heterocycles. The van der Waals surface area contributed by atoms with Gasteiger partial charge in [-0.15, -0.1) is 11.3 Å². The maximum absolute atomic E-state index is 12.9. The number of methoxy groups -OCH3 is 1. The van der Waals surface area contributed by atoms with E-state index in [0.29, 0.717) is 28.4 Å². The average Bonchev–Trinajstić information content (AvgIpc) is 3.31. The highest BCUT2D eigenvalue weighted by atomic mass is 32.1. The second kappa shape index (κ2) is 8.47. The fraction of sp³-hybridized carbons (Fsp3) is 0.400. The molecular weight excluding hydrogens is 348 g/mol. The Hall–Kier alpha value is -2.18. The third-order valence-corrected chi connectivity index (χ3v) is 5.90. The molecule has 0 aliphatic carbocycles. The molecule has 0 spiro atoms. The molecule has 3 rings (SSSR count). The molecule has 26 heavy (non-hydrogen) atoms. The van der Waals surface area contributed by atoms with Gasteiger partial charge in [0.05, 0.1) is 25.8 Å². The first kappa shape index (κ1) is 18.6. The number of ether oxygens (including phenoxy) is 1. The molecule has 0 unspecified atom stereocenters. The van der Waals surface area contributed by atoms with Crippen LogP contribution in [0.4, 0.5) is 5.00 Å². The number of carbonyl (C=O) groups is 2. The summed E-state index contributed by atoms with van der Waals surface area (Å²) in [4.78, 5) is 27.7. The van der Waals surface area contributed by atoms with Gasteiger partial charge in [0.15, 0.2) is 12.3 Å². The number of aryl methyl sites for hydroxylation is 1. The highest BCUT2D eigenvalue weighted by Crippen LogP contribution is 2.30. The van der Waals surface area contributed by atoms with Crippen LogP contribution in [0.2, 0.25) is 0 Å². The van der Waals surface area contributed by atoms with E-state index in [0.717, 1.165) is 24.4 Å². The summed E-state index contributed by atoms with van der Waals surface area (Å²) in [6.45, 7) is 4.62. The number of likely N-dealkylation sites (tertiary alicyclic amines) is 1. The minimum absolute atomic E-state index is 0.0183. The van der Waals surface area contributed by atoms with Crippen LogP contribution in [0, 0.1) is 0 Å². The molecule has 2 heterocycles. The van der Waals surface area contributed by atoms with E-state index in [9.17, 15) is 9.59 Å². The van der Waals surface area contributed by atoms with E-state index in [1.807, 2.05) is 13.0 Å². The van der Waals surface area contributed by atoms with E-state index in [4.69, 9.17) is 4.74 Å². The van der Waals surface area contributed by atoms with E-state index in [1.54, 1.807) is 31.4 Å². The number of carbonyl (C=O) groups excluding carboxylic acids is 2. The molecule has 1 fully saturated rings. The van der Waals surface area contributed by atoms with Gasteiger partial charge in [0.2, 0.25) is 0 Å². The first-order chi connectivity index (χ1) is 12.6. The van der Waals surface area contributed by atoms with Gasteiger partial charge in [-0.05, 0) is 36.8 Å². The van der Waals surface area contributed by atoms with Crippen LogP contribution >= 0.6 is 11.3 Å². The number of quaternary nitrogens is 1. The van der Waals surface area contributed by atoms with Crippen LogP contribution in [0.25, 0.3) is 0 Å². The molecule has 2 N–H and O–H groups in total. The predicted octanol–water partition coefficient (Wildman–Crippen LogP) is 2.17. The lowest BCUT2D eigenvalue weighted by Gasteiger charge is -2.12. The Morgan fingerprint density at radius 1 is 1.19 bits per heavy atom. The van der Waals surface area contributed by atoms with Gasteiger partial charge in [-0.3, -0.25) is 9.59 Å². The zero-order chi connectivity index (χ0) is 18.5. The number of ketones is 1. The van der Waals surface area contributed by atoms with Crippen LogP contribution in [-0.4, -0.2) is 38.4 Å². The molecule has 1 amide bonds. The van der Waals surface area contributed by atoms with Crippen LogP contribution in [-0.2, 0) is 11.2 Å². The number of hydrogen-bond donors (Lipinski definition) is 2. The molecule has 1 aromatic carbocycles. The topological polar surface area (TPSA) is 59.8 Å². The smallest absolute Gasteiger partial charge is 0.280 e. The molecule has 0 atom stereocenters. The first-order valence-electron chi connectivity index (χ1n) is 9.05. The fourth-order valence-electron chi connectivity index (χ4n) is 3.23. The van der Waals surface area contributed by atoms with Crippen molar-refractivity contribution >= 4 is 28.0 Å². The summed E-state index contributed by atoms with van der Waals surface area (Å²) >= 11 is 1.49. The molecule has 1 aromatic heterocycles. The van der Waals surface area contributed by atoms with Crippen molar-refractivity contribution in [3.8, 4) is 5.75 Å². The molecule has 5 nitrogen and oxygen atoms in total. The van der Waals surface area contributed by atoms with E-state index in [-0.39, 0.29) is 11.7 Å². The van der Waals surface area contributed by atoms with Crippen LogP contribution in [0.3, 0.4) is 0 Å². The van der Waals surface area contributed by atoms with E-state index >= 15 is 0 Å². The lowest BCUT2D eigenvalue weighted by molar-refractivity contribution is -0.878. The number of benzene rings is 1. The number of thiophene rings is 1. The Bertz CT molecular complexity index is 777. The van der Waals surface area contributed by atoms with Gasteiger partial charge in [-0.1, -0.05) is 6.92 Å². The van der Waals surface area contributed by atoms with Crippen molar-refractivity contribution in [1.29, 1.82) is 0 Å². The Morgan fingerprint density at radius 2 is 1.88 bits per heavy atom. The van der Waals surface area contributed by atoms with E-state index in [2.05, 4.69) is 5.32 Å². The SMILES string of the molecule is CCc1cc(C(=O)c2ccc(OC)cc2)c(NC(=O)C[NH+]2CCCC2)s1. The van der Waals surface area contributed by atoms with Gasteiger partial charge in [0.1, 0.15) is 10.8 Å². The monoisotopic (exact) mass is 373 g/mol. The summed E-state index contributed by atoms with van der Waals surface area (Å²) in [6.07, 6.45) is 3.20. The summed E-state index contributed by atoms with van der Waals surface area (Å²) in [6, 6.07) is 8.95. The maximum atomic E-state index is 12.9. The minimum Gasteiger partial charge on any atom is -0.497 e. The molecule has 0 bridgehead atoms. The normalized spacial score (nSPS) is 14.4. The van der Waals surface area contributed by atoms with Crippen LogP contribution < -0.4 is 15.0 Å². The molecule has 0 radical (unpaired) electrons. The van der Waals surface area contributed by atoms with Crippen molar-refractivity contribution in [2.24, 2.45) is 0 Å². The lowest BCUT2D eigenvalue weighted by atomic mass is 10.0. The molecule has 6 heteroatoms.